The normalized spacial score (nSPS) is 27.2. The third-order valence-corrected chi connectivity index (χ3v) is 14.9. The van der Waals surface area contributed by atoms with Crippen molar-refractivity contribution < 1.29 is 29.0 Å². The molecule has 0 radical (unpaired) electrons. The highest BCUT2D eigenvalue weighted by molar-refractivity contribution is 6.06. The van der Waals surface area contributed by atoms with Gasteiger partial charge in [0.1, 0.15) is 24.1 Å². The Hall–Kier alpha value is -5.39. The van der Waals surface area contributed by atoms with Crippen molar-refractivity contribution in [3.63, 3.8) is 0 Å². The summed E-state index contributed by atoms with van der Waals surface area (Å²) in [5.74, 6) is 0.878. The fraction of sp³-hybridized carbons (Fsp3) is 0.449. The molecule has 7 aliphatic rings. The molecule has 2 unspecified atom stereocenters. The molecule has 60 heavy (non-hydrogen) atoms. The number of carbonyl (C=O) groups excluding carboxylic acids is 3. The van der Waals surface area contributed by atoms with Gasteiger partial charge < -0.3 is 29.3 Å². The Kier molecular flexibility index (Phi) is 9.37. The van der Waals surface area contributed by atoms with E-state index in [0.717, 1.165) is 95.0 Å². The second-order valence-electron chi connectivity index (χ2n) is 18.4. The number of rotatable bonds is 6. The Morgan fingerprint density at radius 3 is 2.47 bits per heavy atom. The zero-order chi connectivity index (χ0) is 40.5. The van der Waals surface area contributed by atoms with E-state index in [1.807, 2.05) is 18.2 Å². The number of carbonyl (C=O) groups is 3. The highest BCUT2D eigenvalue weighted by Gasteiger charge is 2.45. The average Bonchev–Trinajstić information content (AvgIpc) is 3.81. The van der Waals surface area contributed by atoms with Crippen LogP contribution in [-0.2, 0) is 27.3 Å². The lowest BCUT2D eigenvalue weighted by molar-refractivity contribution is -0.136. The van der Waals surface area contributed by atoms with Crippen molar-refractivity contribution in [2.75, 3.05) is 62.3 Å². The molecule has 0 bridgehead atoms. The molecule has 4 fully saturated rings. The van der Waals surface area contributed by atoms with Gasteiger partial charge in [-0.05, 0) is 114 Å². The van der Waals surface area contributed by atoms with Gasteiger partial charge in [-0.3, -0.25) is 24.6 Å². The number of nitrogens with one attached hydrogen (secondary N) is 1. The second kappa shape index (κ2) is 15.0. The van der Waals surface area contributed by atoms with Gasteiger partial charge in [0, 0.05) is 69.4 Å². The summed E-state index contributed by atoms with van der Waals surface area (Å²) in [5.41, 5.74) is 9.36. The molecular weight excluding hydrogens is 755 g/mol. The van der Waals surface area contributed by atoms with E-state index in [1.165, 1.54) is 27.9 Å². The van der Waals surface area contributed by atoms with Crippen molar-refractivity contribution >= 4 is 29.1 Å². The van der Waals surface area contributed by atoms with E-state index >= 15 is 0 Å². The van der Waals surface area contributed by atoms with Crippen molar-refractivity contribution in [1.29, 1.82) is 0 Å². The maximum atomic E-state index is 13.4. The molecule has 11 rings (SSSR count). The molecular formula is C49H53N5O6. The van der Waals surface area contributed by atoms with Crippen LogP contribution in [0.2, 0.25) is 0 Å². The van der Waals surface area contributed by atoms with E-state index in [1.54, 1.807) is 4.90 Å². The van der Waals surface area contributed by atoms with Crippen molar-refractivity contribution in [2.24, 2.45) is 5.41 Å². The number of hydrogen-bond donors (Lipinski definition) is 2. The van der Waals surface area contributed by atoms with Crippen LogP contribution in [0.1, 0.15) is 88.5 Å². The number of piperazine rings is 1. The topological polar surface area (TPSA) is 115 Å². The lowest BCUT2D eigenvalue weighted by Crippen LogP contribution is -2.58. The fourth-order valence-electron chi connectivity index (χ4n) is 11.7. The van der Waals surface area contributed by atoms with Gasteiger partial charge in [0.15, 0.2) is 0 Å². The lowest BCUT2D eigenvalue weighted by atomic mass is 9.69. The first-order chi connectivity index (χ1) is 29.3. The first-order valence-electron chi connectivity index (χ1n) is 22.0. The average molecular weight is 808 g/mol. The molecule has 0 aromatic heterocycles. The summed E-state index contributed by atoms with van der Waals surface area (Å²) in [6, 6.07) is 29.7. The van der Waals surface area contributed by atoms with Crippen LogP contribution >= 0.6 is 0 Å². The number of phenols is 1. The minimum absolute atomic E-state index is 0.172. The lowest BCUT2D eigenvalue weighted by Gasteiger charge is -2.46. The quantitative estimate of drug-likeness (QED) is 0.228. The molecule has 4 aromatic carbocycles. The van der Waals surface area contributed by atoms with Crippen molar-refractivity contribution in [1.82, 2.24) is 15.1 Å². The Bertz CT molecular complexity index is 2330. The standard InChI is InChI=1S/C49H53N5O6/c55-37-11-13-40-33(22-37)8-12-39(31-4-2-1-3-5-31)46(40)32-6-9-35(10-7-32)52-18-16-49(17-19-52)25-38(60-30-49)28-51-20-21-53-36(27-51)29-59-44-24-41-34(23-43(44)53)26-54(48(41)58)42-14-15-45(56)50-47(42)57/h1-7,9-11,13,22-24,36,38-39,42,46,55H,8,12,14-21,25-30H2,(H,50,56,57)/t36-,38?,39+,42?,46-/m0/s1. The molecule has 11 heteroatoms. The molecule has 0 saturated carbocycles. The number of ether oxygens (including phenoxy) is 2. The number of nitrogens with zero attached hydrogens (tertiary/aromatic N) is 4. The third-order valence-electron chi connectivity index (χ3n) is 14.9. The predicted molar refractivity (Wildman–Crippen MR) is 228 cm³/mol. The van der Waals surface area contributed by atoms with E-state index in [2.05, 4.69) is 86.7 Å². The van der Waals surface area contributed by atoms with Gasteiger partial charge >= 0.3 is 0 Å². The van der Waals surface area contributed by atoms with Crippen molar-refractivity contribution in [3.05, 3.63) is 118 Å². The molecule has 2 N–H and O–H groups in total. The smallest absolute Gasteiger partial charge is 0.255 e. The van der Waals surface area contributed by atoms with Crippen LogP contribution in [0.25, 0.3) is 0 Å². The summed E-state index contributed by atoms with van der Waals surface area (Å²) in [7, 11) is 0. The van der Waals surface area contributed by atoms with E-state index in [-0.39, 0.29) is 41.7 Å². The predicted octanol–water partition coefficient (Wildman–Crippen LogP) is 5.97. The molecule has 3 amide bonds. The number of aryl methyl sites for hydroxylation is 1. The third kappa shape index (κ3) is 6.70. The van der Waals surface area contributed by atoms with Crippen LogP contribution in [0.15, 0.2) is 84.9 Å². The Labute approximate surface area is 351 Å². The number of phenolic OH excluding ortho intramolecular Hbond substituents is 1. The van der Waals surface area contributed by atoms with Crippen LogP contribution in [0, 0.1) is 5.41 Å². The fourth-order valence-corrected chi connectivity index (χ4v) is 11.7. The molecule has 1 spiro atoms. The van der Waals surface area contributed by atoms with Crippen molar-refractivity contribution in [2.45, 2.75) is 81.5 Å². The maximum Gasteiger partial charge on any atom is 0.255 e. The molecule has 11 nitrogen and oxygen atoms in total. The Morgan fingerprint density at radius 2 is 1.65 bits per heavy atom. The molecule has 310 valence electrons. The summed E-state index contributed by atoms with van der Waals surface area (Å²) in [6.07, 6.45) is 6.23. The van der Waals surface area contributed by atoms with E-state index in [4.69, 9.17) is 9.47 Å². The molecule has 6 aliphatic heterocycles. The molecule has 4 aromatic rings. The van der Waals surface area contributed by atoms with Gasteiger partial charge in [0.05, 0.1) is 24.4 Å². The number of anilines is 2. The summed E-state index contributed by atoms with van der Waals surface area (Å²) < 4.78 is 12.9. The van der Waals surface area contributed by atoms with Crippen LogP contribution < -0.4 is 19.9 Å². The van der Waals surface area contributed by atoms with Crippen LogP contribution in [-0.4, -0.2) is 103 Å². The zero-order valence-electron chi connectivity index (χ0n) is 34.1. The molecule has 1 aliphatic carbocycles. The summed E-state index contributed by atoms with van der Waals surface area (Å²) in [6.45, 7) is 7.46. The number of fused-ring (bicyclic) bond motifs is 5. The van der Waals surface area contributed by atoms with Crippen LogP contribution in [0.4, 0.5) is 11.4 Å². The van der Waals surface area contributed by atoms with Gasteiger partial charge in [-0.2, -0.15) is 0 Å². The van der Waals surface area contributed by atoms with Gasteiger partial charge in [-0.1, -0.05) is 48.5 Å². The van der Waals surface area contributed by atoms with Crippen LogP contribution in [0.5, 0.6) is 11.5 Å². The summed E-state index contributed by atoms with van der Waals surface area (Å²) in [5, 5.41) is 12.7. The minimum Gasteiger partial charge on any atom is -0.508 e. The Balaban J connectivity index is 0.699. The molecule has 5 atom stereocenters. The largest absolute Gasteiger partial charge is 0.508 e. The second-order valence-corrected chi connectivity index (χ2v) is 18.4. The first-order valence-corrected chi connectivity index (χ1v) is 22.0. The summed E-state index contributed by atoms with van der Waals surface area (Å²) >= 11 is 0. The highest BCUT2D eigenvalue weighted by Crippen LogP contribution is 2.48. The van der Waals surface area contributed by atoms with Gasteiger partial charge in [0.25, 0.3) is 5.91 Å². The van der Waals surface area contributed by atoms with Crippen LogP contribution in [0.3, 0.4) is 0 Å². The maximum absolute atomic E-state index is 13.4. The number of amides is 3. The number of hydrogen-bond acceptors (Lipinski definition) is 9. The molecule has 6 heterocycles. The van der Waals surface area contributed by atoms with E-state index in [0.29, 0.717) is 36.8 Å². The number of piperidine rings is 2. The van der Waals surface area contributed by atoms with E-state index in [9.17, 15) is 19.5 Å². The minimum atomic E-state index is -0.628. The van der Waals surface area contributed by atoms with Gasteiger partial charge in [-0.15, -0.1) is 0 Å². The number of imide groups is 1. The van der Waals surface area contributed by atoms with Gasteiger partial charge in [-0.25, -0.2) is 0 Å². The van der Waals surface area contributed by atoms with E-state index < -0.39 is 11.9 Å². The number of benzene rings is 4. The number of aromatic hydroxyl groups is 1. The first kappa shape index (κ1) is 37.6. The van der Waals surface area contributed by atoms with Crippen molar-refractivity contribution in [3.8, 4) is 11.5 Å². The monoisotopic (exact) mass is 807 g/mol. The Morgan fingerprint density at radius 1 is 0.817 bits per heavy atom. The summed E-state index contributed by atoms with van der Waals surface area (Å²) in [4.78, 5) is 46.9. The van der Waals surface area contributed by atoms with Gasteiger partial charge in [0.2, 0.25) is 11.8 Å². The zero-order valence-corrected chi connectivity index (χ0v) is 34.1. The highest BCUT2D eigenvalue weighted by atomic mass is 16.5. The molecule has 4 saturated heterocycles. The SMILES string of the molecule is O=C1CCC(N2Cc3cc4c(cc3C2=O)OC[C@@H]2CN(CC3CC5(CCN(c6ccc([C@@H]7c8ccc(O)cc8CC[C@@H]7c7ccccc7)cc6)CC5)CO3)CCN42)C(=O)N1.